The Morgan fingerprint density at radius 2 is 2.22 bits per heavy atom. The van der Waals surface area contributed by atoms with Gasteiger partial charge in [-0.25, -0.2) is 0 Å². The summed E-state index contributed by atoms with van der Waals surface area (Å²) in [5, 5.41) is 10.7. The minimum Gasteiger partial charge on any atom is -0.481 e. The standard InChI is InChI=1S/C15H11NO4S3/c17-13(18)5-6-16-14(19)12(23-15(16)21)8-9-3-4-10(20-9)11-2-1-7-22-11/h1-4,7-8H,5-6H2,(H,17,18)/b12-8+. The molecule has 3 rings (SSSR count). The highest BCUT2D eigenvalue weighted by Crippen LogP contribution is 2.34. The largest absolute Gasteiger partial charge is 0.481 e. The first kappa shape index (κ1) is 16.0. The van der Waals surface area contributed by atoms with Crippen molar-refractivity contribution in [1.29, 1.82) is 0 Å². The van der Waals surface area contributed by atoms with Crippen molar-refractivity contribution in [3.8, 4) is 10.6 Å². The minimum absolute atomic E-state index is 0.0793. The van der Waals surface area contributed by atoms with Crippen molar-refractivity contribution >= 4 is 57.6 Å². The lowest BCUT2D eigenvalue weighted by Crippen LogP contribution is -2.30. The first-order valence-electron chi connectivity index (χ1n) is 6.65. The molecule has 0 spiro atoms. The molecule has 1 amide bonds. The van der Waals surface area contributed by atoms with Gasteiger partial charge in [-0.2, -0.15) is 0 Å². The van der Waals surface area contributed by atoms with Gasteiger partial charge in [0.25, 0.3) is 5.91 Å². The van der Waals surface area contributed by atoms with Crippen LogP contribution in [0.15, 0.2) is 39.0 Å². The number of nitrogens with zero attached hydrogens (tertiary/aromatic N) is 1. The van der Waals surface area contributed by atoms with Gasteiger partial charge in [0.2, 0.25) is 0 Å². The molecule has 1 fully saturated rings. The summed E-state index contributed by atoms with van der Waals surface area (Å²) in [6.45, 7) is 0.0793. The maximum absolute atomic E-state index is 12.3. The van der Waals surface area contributed by atoms with Crippen LogP contribution in [0.25, 0.3) is 16.7 Å². The molecule has 2 aromatic heterocycles. The van der Waals surface area contributed by atoms with E-state index in [1.807, 2.05) is 23.6 Å². The number of furan rings is 1. The van der Waals surface area contributed by atoms with E-state index in [9.17, 15) is 9.59 Å². The number of hydrogen-bond acceptors (Lipinski definition) is 6. The molecule has 0 bridgehead atoms. The molecule has 0 saturated carbocycles. The Labute approximate surface area is 145 Å². The summed E-state index contributed by atoms with van der Waals surface area (Å²) in [4.78, 5) is 25.7. The SMILES string of the molecule is O=C(O)CCN1C(=O)/C(=C\c2ccc(-c3cccs3)o2)SC1=S. The van der Waals surface area contributed by atoms with E-state index < -0.39 is 5.97 Å². The molecular formula is C15H11NO4S3. The highest BCUT2D eigenvalue weighted by atomic mass is 32.2. The molecule has 0 aromatic carbocycles. The smallest absolute Gasteiger partial charge is 0.305 e. The van der Waals surface area contributed by atoms with E-state index in [1.165, 1.54) is 4.90 Å². The number of carboxylic acids is 1. The van der Waals surface area contributed by atoms with Gasteiger partial charge in [-0.3, -0.25) is 14.5 Å². The molecule has 8 heteroatoms. The van der Waals surface area contributed by atoms with Gasteiger partial charge in [-0.05, 0) is 23.6 Å². The van der Waals surface area contributed by atoms with E-state index in [2.05, 4.69) is 0 Å². The van der Waals surface area contributed by atoms with Gasteiger partial charge in [0.1, 0.15) is 15.8 Å². The summed E-state index contributed by atoms with van der Waals surface area (Å²) in [5.74, 6) is 0.0599. The van der Waals surface area contributed by atoms with Crippen LogP contribution in [0.2, 0.25) is 0 Å². The predicted octanol–water partition coefficient (Wildman–Crippen LogP) is 3.68. The minimum atomic E-state index is -0.963. The fourth-order valence-corrected chi connectivity index (χ4v) is 3.99. The normalized spacial score (nSPS) is 16.5. The molecular weight excluding hydrogens is 354 g/mol. The highest BCUT2D eigenvalue weighted by Gasteiger charge is 2.32. The Morgan fingerprint density at radius 1 is 1.39 bits per heavy atom. The number of carbonyl (C=O) groups excluding carboxylic acids is 1. The molecule has 1 aliphatic heterocycles. The van der Waals surface area contributed by atoms with E-state index >= 15 is 0 Å². The first-order chi connectivity index (χ1) is 11.0. The summed E-state index contributed by atoms with van der Waals surface area (Å²) in [6, 6.07) is 7.54. The van der Waals surface area contributed by atoms with Crippen molar-refractivity contribution < 1.29 is 19.1 Å². The first-order valence-corrected chi connectivity index (χ1v) is 8.76. The van der Waals surface area contributed by atoms with Crippen LogP contribution in [0, 0.1) is 0 Å². The number of carboxylic acid groups (broad SMARTS) is 1. The van der Waals surface area contributed by atoms with Gasteiger partial charge in [-0.15, -0.1) is 11.3 Å². The van der Waals surface area contributed by atoms with E-state index in [4.69, 9.17) is 21.7 Å². The third-order valence-corrected chi connectivity index (χ3v) is 5.35. The second kappa shape index (κ2) is 6.69. The molecule has 3 heterocycles. The van der Waals surface area contributed by atoms with Crippen LogP contribution in [0.5, 0.6) is 0 Å². The lowest BCUT2D eigenvalue weighted by molar-refractivity contribution is -0.137. The second-order valence-corrected chi connectivity index (χ2v) is 7.28. The van der Waals surface area contributed by atoms with E-state index in [0.717, 1.165) is 22.4 Å². The summed E-state index contributed by atoms with van der Waals surface area (Å²) in [5.41, 5.74) is 0. The molecule has 5 nitrogen and oxygen atoms in total. The van der Waals surface area contributed by atoms with Gasteiger partial charge in [0.05, 0.1) is 16.2 Å². The summed E-state index contributed by atoms with van der Waals surface area (Å²) >= 11 is 7.86. The van der Waals surface area contributed by atoms with Crippen LogP contribution >= 0.6 is 35.3 Å². The lowest BCUT2D eigenvalue weighted by Gasteiger charge is -2.12. The molecule has 1 N–H and O–H groups in total. The van der Waals surface area contributed by atoms with Crippen molar-refractivity contribution in [2.24, 2.45) is 0 Å². The Morgan fingerprint density at radius 3 is 2.91 bits per heavy atom. The topological polar surface area (TPSA) is 70.8 Å². The van der Waals surface area contributed by atoms with Crippen LogP contribution < -0.4 is 0 Å². The molecule has 1 aliphatic rings. The summed E-state index contributed by atoms with van der Waals surface area (Å²) in [7, 11) is 0. The average molecular weight is 365 g/mol. The number of thiocarbonyl (C=S) groups is 1. The van der Waals surface area contributed by atoms with E-state index in [-0.39, 0.29) is 18.9 Å². The Balaban J connectivity index is 1.77. The molecule has 0 unspecified atom stereocenters. The van der Waals surface area contributed by atoms with Crippen LogP contribution in [0.4, 0.5) is 0 Å². The molecule has 2 aromatic rings. The zero-order valence-corrected chi connectivity index (χ0v) is 14.2. The van der Waals surface area contributed by atoms with Gasteiger partial charge in [0, 0.05) is 12.6 Å². The van der Waals surface area contributed by atoms with Gasteiger partial charge >= 0.3 is 5.97 Å². The van der Waals surface area contributed by atoms with E-state index in [1.54, 1.807) is 23.5 Å². The third kappa shape index (κ3) is 3.54. The fourth-order valence-electron chi connectivity index (χ4n) is 2.01. The van der Waals surface area contributed by atoms with Crippen LogP contribution in [0.1, 0.15) is 12.2 Å². The number of thioether (sulfide) groups is 1. The maximum atomic E-state index is 12.3. The van der Waals surface area contributed by atoms with Crippen molar-refractivity contribution in [2.75, 3.05) is 6.54 Å². The number of carbonyl (C=O) groups is 2. The molecule has 118 valence electrons. The summed E-state index contributed by atoms with van der Waals surface area (Å²) in [6.07, 6.45) is 1.50. The van der Waals surface area contributed by atoms with Gasteiger partial charge < -0.3 is 9.52 Å². The van der Waals surface area contributed by atoms with Crippen LogP contribution in [-0.4, -0.2) is 32.7 Å². The quantitative estimate of drug-likeness (QED) is 0.644. The molecule has 0 atom stereocenters. The fraction of sp³-hybridized carbons (Fsp3) is 0.133. The summed E-state index contributed by atoms with van der Waals surface area (Å²) < 4.78 is 6.09. The average Bonchev–Trinajstić information content (AvgIpc) is 3.20. The predicted molar refractivity (Wildman–Crippen MR) is 94.2 cm³/mol. The van der Waals surface area contributed by atoms with Crippen molar-refractivity contribution in [1.82, 2.24) is 4.90 Å². The zero-order chi connectivity index (χ0) is 16.4. The number of rotatable bonds is 5. The van der Waals surface area contributed by atoms with Crippen molar-refractivity contribution in [3.63, 3.8) is 0 Å². The van der Waals surface area contributed by atoms with Crippen LogP contribution in [-0.2, 0) is 9.59 Å². The number of hydrogen-bond donors (Lipinski definition) is 1. The molecule has 0 aliphatic carbocycles. The molecule has 23 heavy (non-hydrogen) atoms. The highest BCUT2D eigenvalue weighted by molar-refractivity contribution is 8.26. The van der Waals surface area contributed by atoms with Gasteiger partial charge in [0.15, 0.2) is 0 Å². The van der Waals surface area contributed by atoms with Crippen molar-refractivity contribution in [3.05, 3.63) is 40.3 Å². The Bertz CT molecular complexity index is 792. The Kier molecular flexibility index (Phi) is 4.65. The number of aliphatic carboxylic acids is 1. The van der Waals surface area contributed by atoms with Crippen LogP contribution in [0.3, 0.4) is 0 Å². The van der Waals surface area contributed by atoms with Crippen molar-refractivity contribution in [2.45, 2.75) is 6.42 Å². The number of amides is 1. The molecule has 1 saturated heterocycles. The lowest BCUT2D eigenvalue weighted by atomic mass is 10.3. The Hall–Kier alpha value is -1.90. The number of thiophene rings is 1. The van der Waals surface area contributed by atoms with Gasteiger partial charge in [-0.1, -0.05) is 30.0 Å². The second-order valence-electron chi connectivity index (χ2n) is 4.66. The third-order valence-electron chi connectivity index (χ3n) is 3.09. The maximum Gasteiger partial charge on any atom is 0.305 e. The monoisotopic (exact) mass is 365 g/mol. The van der Waals surface area contributed by atoms with E-state index in [0.29, 0.717) is 15.0 Å². The molecule has 0 radical (unpaired) electrons. The zero-order valence-electron chi connectivity index (χ0n) is 11.7.